The van der Waals surface area contributed by atoms with E-state index in [-0.39, 0.29) is 11.6 Å². The van der Waals surface area contributed by atoms with Gasteiger partial charge in [0, 0.05) is 17.8 Å². The summed E-state index contributed by atoms with van der Waals surface area (Å²) in [6, 6.07) is 4.22. The van der Waals surface area contributed by atoms with Crippen LogP contribution in [0.1, 0.15) is 50.5 Å². The van der Waals surface area contributed by atoms with E-state index in [9.17, 15) is 0 Å². The highest BCUT2D eigenvalue weighted by molar-refractivity contribution is 5.32. The molecule has 21 heavy (non-hydrogen) atoms. The Morgan fingerprint density at radius 3 is 2.52 bits per heavy atom. The van der Waals surface area contributed by atoms with Crippen LogP contribution in [0.3, 0.4) is 0 Å². The molecule has 1 atom stereocenters. The number of hydrogen-bond acceptors (Lipinski definition) is 4. The molecule has 1 aromatic rings. The average molecular weight is 288 g/mol. The van der Waals surface area contributed by atoms with Crippen molar-refractivity contribution in [3.05, 3.63) is 23.9 Å². The fraction of sp³-hybridized carbons (Fsp3) is 0.706. The topological polar surface area (TPSA) is 68.2 Å². The van der Waals surface area contributed by atoms with Gasteiger partial charge in [-0.15, -0.1) is 0 Å². The highest BCUT2D eigenvalue weighted by Gasteiger charge is 2.44. The van der Waals surface area contributed by atoms with Crippen molar-refractivity contribution in [1.82, 2.24) is 9.88 Å². The normalized spacial score (nSPS) is 24.0. The number of pyridine rings is 1. The van der Waals surface area contributed by atoms with Crippen LogP contribution < -0.4 is 11.5 Å². The van der Waals surface area contributed by atoms with E-state index < -0.39 is 0 Å². The Morgan fingerprint density at radius 2 is 1.86 bits per heavy atom. The Bertz CT molecular complexity index is 462. The van der Waals surface area contributed by atoms with Crippen molar-refractivity contribution in [3.63, 3.8) is 0 Å². The Kier molecular flexibility index (Phi) is 4.45. The number of likely N-dealkylation sites (tertiary alicyclic amines) is 1. The van der Waals surface area contributed by atoms with E-state index in [0.717, 1.165) is 6.42 Å². The Labute approximate surface area is 127 Å². The second kappa shape index (κ2) is 6.32. The Balaban J connectivity index is 1.76. The minimum absolute atomic E-state index is 0.194. The molecule has 3 rings (SSSR count). The molecule has 2 aliphatic rings. The van der Waals surface area contributed by atoms with E-state index in [4.69, 9.17) is 11.5 Å². The fourth-order valence-corrected chi connectivity index (χ4v) is 4.31. The summed E-state index contributed by atoms with van der Waals surface area (Å²) in [5.74, 6) is 0.596. The summed E-state index contributed by atoms with van der Waals surface area (Å²) in [5, 5.41) is 0. The molecule has 4 N–H and O–H groups in total. The molecule has 2 fully saturated rings. The SMILES string of the molecule is Nc1cc(CC(N)C2(N3CCCCC3)CCCC2)ccn1. The second-order valence-corrected chi connectivity index (χ2v) is 6.76. The van der Waals surface area contributed by atoms with Crippen LogP contribution >= 0.6 is 0 Å². The molecule has 4 nitrogen and oxygen atoms in total. The number of nitrogens with zero attached hydrogens (tertiary/aromatic N) is 2. The standard InChI is InChI=1S/C17H28N4/c18-15(12-14-6-9-20-16(19)13-14)17(7-2-3-8-17)21-10-4-1-5-11-21/h6,9,13,15H,1-5,7-8,10-12,18H2,(H2,19,20). The highest BCUT2D eigenvalue weighted by Crippen LogP contribution is 2.39. The lowest BCUT2D eigenvalue weighted by atomic mass is 9.82. The first-order valence-corrected chi connectivity index (χ1v) is 8.42. The zero-order chi connectivity index (χ0) is 14.7. The third-order valence-electron chi connectivity index (χ3n) is 5.45. The minimum Gasteiger partial charge on any atom is -0.384 e. The van der Waals surface area contributed by atoms with Crippen molar-refractivity contribution >= 4 is 5.82 Å². The third kappa shape index (κ3) is 3.06. The molecule has 1 aromatic heterocycles. The molecule has 1 saturated heterocycles. The van der Waals surface area contributed by atoms with Gasteiger partial charge in [-0.05, 0) is 62.9 Å². The van der Waals surface area contributed by atoms with E-state index in [2.05, 4.69) is 16.0 Å². The van der Waals surface area contributed by atoms with Gasteiger partial charge >= 0.3 is 0 Å². The smallest absolute Gasteiger partial charge is 0.123 e. The molecule has 1 aliphatic carbocycles. The molecule has 4 heteroatoms. The molecule has 0 bridgehead atoms. The fourth-order valence-electron chi connectivity index (χ4n) is 4.31. The van der Waals surface area contributed by atoms with Gasteiger partial charge in [0.25, 0.3) is 0 Å². The molecule has 0 amide bonds. The van der Waals surface area contributed by atoms with Gasteiger partial charge in [0.15, 0.2) is 0 Å². The third-order valence-corrected chi connectivity index (χ3v) is 5.45. The summed E-state index contributed by atoms with van der Waals surface area (Å²) in [4.78, 5) is 6.79. The van der Waals surface area contributed by atoms with Gasteiger partial charge in [-0.2, -0.15) is 0 Å². The van der Waals surface area contributed by atoms with Gasteiger partial charge < -0.3 is 11.5 Å². The van der Waals surface area contributed by atoms with Crippen LogP contribution in [-0.2, 0) is 6.42 Å². The summed E-state index contributed by atoms with van der Waals surface area (Å²) in [5.41, 5.74) is 14.0. The van der Waals surface area contributed by atoms with Gasteiger partial charge in [-0.1, -0.05) is 19.3 Å². The molecule has 1 unspecified atom stereocenters. The summed E-state index contributed by atoms with van der Waals surface area (Å²) >= 11 is 0. The number of hydrogen-bond donors (Lipinski definition) is 2. The van der Waals surface area contributed by atoms with Crippen LogP contribution in [-0.4, -0.2) is 34.6 Å². The highest BCUT2D eigenvalue weighted by atomic mass is 15.2. The van der Waals surface area contributed by atoms with Crippen LogP contribution in [0.4, 0.5) is 5.82 Å². The molecule has 1 aliphatic heterocycles. The van der Waals surface area contributed by atoms with Crippen LogP contribution in [0.5, 0.6) is 0 Å². The van der Waals surface area contributed by atoms with Crippen molar-refractivity contribution in [2.45, 2.75) is 62.9 Å². The number of rotatable bonds is 4. The predicted octanol–water partition coefficient (Wildman–Crippen LogP) is 2.33. The molecule has 0 aromatic carbocycles. The van der Waals surface area contributed by atoms with Gasteiger partial charge in [0.05, 0.1) is 0 Å². The van der Waals surface area contributed by atoms with Crippen molar-refractivity contribution < 1.29 is 0 Å². The first-order valence-electron chi connectivity index (χ1n) is 8.42. The van der Waals surface area contributed by atoms with E-state index in [1.807, 2.05) is 6.07 Å². The van der Waals surface area contributed by atoms with Crippen molar-refractivity contribution in [1.29, 1.82) is 0 Å². The average Bonchev–Trinajstić information content (AvgIpc) is 2.99. The monoisotopic (exact) mass is 288 g/mol. The van der Waals surface area contributed by atoms with Crippen LogP contribution in [0, 0.1) is 0 Å². The molecule has 1 saturated carbocycles. The maximum atomic E-state index is 6.72. The maximum Gasteiger partial charge on any atom is 0.123 e. The minimum atomic E-state index is 0.194. The van der Waals surface area contributed by atoms with Crippen molar-refractivity contribution in [2.75, 3.05) is 18.8 Å². The van der Waals surface area contributed by atoms with Crippen LogP contribution in [0.2, 0.25) is 0 Å². The zero-order valence-electron chi connectivity index (χ0n) is 12.9. The van der Waals surface area contributed by atoms with E-state index in [0.29, 0.717) is 5.82 Å². The van der Waals surface area contributed by atoms with E-state index in [1.165, 1.54) is 63.6 Å². The molecule has 116 valence electrons. The van der Waals surface area contributed by atoms with E-state index >= 15 is 0 Å². The lowest BCUT2D eigenvalue weighted by Gasteiger charge is -2.47. The second-order valence-electron chi connectivity index (χ2n) is 6.76. The number of piperidine rings is 1. The van der Waals surface area contributed by atoms with Crippen molar-refractivity contribution in [2.24, 2.45) is 5.73 Å². The van der Waals surface area contributed by atoms with Gasteiger partial charge in [-0.3, -0.25) is 4.90 Å². The molecule has 0 spiro atoms. The number of nitrogens with two attached hydrogens (primary N) is 2. The zero-order valence-corrected chi connectivity index (χ0v) is 12.9. The lowest BCUT2D eigenvalue weighted by molar-refractivity contribution is 0.0482. The largest absolute Gasteiger partial charge is 0.384 e. The van der Waals surface area contributed by atoms with Crippen LogP contribution in [0.25, 0.3) is 0 Å². The summed E-state index contributed by atoms with van der Waals surface area (Å²) in [6.45, 7) is 2.46. The number of nitrogen functional groups attached to an aromatic ring is 1. The van der Waals surface area contributed by atoms with Crippen molar-refractivity contribution in [3.8, 4) is 0 Å². The molecule has 2 heterocycles. The maximum absolute atomic E-state index is 6.72. The number of anilines is 1. The Morgan fingerprint density at radius 1 is 1.14 bits per heavy atom. The number of aromatic nitrogens is 1. The molecular formula is C17H28N4. The Hall–Kier alpha value is -1.13. The van der Waals surface area contributed by atoms with Gasteiger partial charge in [0.1, 0.15) is 5.82 Å². The summed E-state index contributed by atoms with van der Waals surface area (Å²) < 4.78 is 0. The van der Waals surface area contributed by atoms with Gasteiger partial charge in [0.2, 0.25) is 0 Å². The molecular weight excluding hydrogens is 260 g/mol. The first kappa shape index (κ1) is 14.8. The predicted molar refractivity (Wildman–Crippen MR) is 87.0 cm³/mol. The van der Waals surface area contributed by atoms with Crippen LogP contribution in [0.15, 0.2) is 18.3 Å². The summed E-state index contributed by atoms with van der Waals surface area (Å²) in [6.07, 6.45) is 11.9. The van der Waals surface area contributed by atoms with E-state index in [1.54, 1.807) is 6.20 Å². The van der Waals surface area contributed by atoms with Gasteiger partial charge in [-0.25, -0.2) is 4.98 Å². The lowest BCUT2D eigenvalue weighted by Crippen LogP contribution is -2.60. The summed E-state index contributed by atoms with van der Waals surface area (Å²) in [7, 11) is 0. The first-order chi connectivity index (χ1) is 10.2. The molecule has 0 radical (unpaired) electrons. The quantitative estimate of drug-likeness (QED) is 0.892.